The van der Waals surface area contributed by atoms with E-state index in [1.165, 1.54) is 12.1 Å². The molecule has 0 amide bonds. The largest absolute Gasteiger partial charge is 0.294 e. The van der Waals surface area contributed by atoms with E-state index in [9.17, 15) is 18.0 Å². The van der Waals surface area contributed by atoms with Gasteiger partial charge in [0, 0.05) is 17.0 Å². The molecule has 1 nitrogen and oxygen atoms in total. The normalized spacial score (nSPS) is 10.5. The lowest BCUT2D eigenvalue weighted by molar-refractivity contribution is 0.0988. The second-order valence-corrected chi connectivity index (χ2v) is 4.88. The molecule has 2 rings (SSSR count). The van der Waals surface area contributed by atoms with Crippen LogP contribution in [0.15, 0.2) is 40.9 Å². The lowest BCUT2D eigenvalue weighted by atomic mass is 10.0. The number of carbonyl (C=O) groups excluding carboxylic acids is 1. The van der Waals surface area contributed by atoms with Gasteiger partial charge >= 0.3 is 0 Å². The van der Waals surface area contributed by atoms with Crippen molar-refractivity contribution in [2.45, 2.75) is 6.42 Å². The van der Waals surface area contributed by atoms with Gasteiger partial charge in [-0.1, -0.05) is 22.0 Å². The van der Waals surface area contributed by atoms with E-state index in [1.807, 2.05) is 0 Å². The predicted octanol–water partition coefficient (Wildman–Crippen LogP) is 4.29. The van der Waals surface area contributed by atoms with Gasteiger partial charge in [0.1, 0.15) is 17.5 Å². The molecule has 98 valence electrons. The number of benzene rings is 2. The highest BCUT2D eigenvalue weighted by Gasteiger charge is 2.15. The van der Waals surface area contributed by atoms with Crippen molar-refractivity contribution < 1.29 is 18.0 Å². The molecule has 0 atom stereocenters. The smallest absolute Gasteiger partial charge is 0.170 e. The molecule has 0 spiro atoms. The first-order chi connectivity index (χ1) is 8.97. The summed E-state index contributed by atoms with van der Waals surface area (Å²) in [6.07, 6.45) is -0.276. The summed E-state index contributed by atoms with van der Waals surface area (Å²) in [6, 6.07) is 6.94. The Morgan fingerprint density at radius 1 is 1.00 bits per heavy atom. The van der Waals surface area contributed by atoms with Gasteiger partial charge in [0.2, 0.25) is 0 Å². The molecule has 5 heteroatoms. The van der Waals surface area contributed by atoms with Crippen molar-refractivity contribution in [3.8, 4) is 0 Å². The second kappa shape index (κ2) is 5.57. The average Bonchev–Trinajstić information content (AvgIpc) is 2.32. The Labute approximate surface area is 116 Å². The quantitative estimate of drug-likeness (QED) is 0.768. The summed E-state index contributed by atoms with van der Waals surface area (Å²) in [5, 5.41) is 0. The first kappa shape index (κ1) is 13.8. The molecule has 0 heterocycles. The van der Waals surface area contributed by atoms with Crippen LogP contribution in [0, 0.1) is 17.5 Å². The van der Waals surface area contributed by atoms with Crippen molar-refractivity contribution in [3.05, 3.63) is 69.4 Å². The number of hydrogen-bond acceptors (Lipinski definition) is 1. The van der Waals surface area contributed by atoms with E-state index in [1.54, 1.807) is 6.07 Å². The van der Waals surface area contributed by atoms with Crippen LogP contribution in [-0.4, -0.2) is 5.78 Å². The Kier molecular flexibility index (Phi) is 4.04. The minimum absolute atomic E-state index is 0.164. The molecule has 0 aliphatic carbocycles. The molecule has 0 fully saturated rings. The van der Waals surface area contributed by atoms with Crippen LogP contribution in [0.1, 0.15) is 15.9 Å². The van der Waals surface area contributed by atoms with Crippen LogP contribution < -0.4 is 0 Å². The summed E-state index contributed by atoms with van der Waals surface area (Å²) in [4.78, 5) is 11.8. The molecule has 0 radical (unpaired) electrons. The molecule has 2 aromatic carbocycles. The van der Waals surface area contributed by atoms with Gasteiger partial charge < -0.3 is 0 Å². The van der Waals surface area contributed by atoms with Crippen LogP contribution in [0.5, 0.6) is 0 Å². The maximum absolute atomic E-state index is 13.6. The van der Waals surface area contributed by atoms with E-state index < -0.39 is 23.2 Å². The molecule has 0 aliphatic heterocycles. The van der Waals surface area contributed by atoms with E-state index in [4.69, 9.17) is 0 Å². The molecule has 0 saturated heterocycles. The van der Waals surface area contributed by atoms with Gasteiger partial charge in [-0.15, -0.1) is 0 Å². The van der Waals surface area contributed by atoms with Crippen LogP contribution in [-0.2, 0) is 6.42 Å². The number of rotatable bonds is 3. The fourth-order valence-electron chi connectivity index (χ4n) is 1.65. The Bertz CT molecular complexity index is 641. The van der Waals surface area contributed by atoms with Crippen LogP contribution in [0.2, 0.25) is 0 Å². The van der Waals surface area contributed by atoms with Gasteiger partial charge in [0.15, 0.2) is 5.78 Å². The predicted molar refractivity (Wildman–Crippen MR) is 68.5 cm³/mol. The van der Waals surface area contributed by atoms with E-state index in [0.717, 1.165) is 12.1 Å². The van der Waals surface area contributed by atoms with Gasteiger partial charge in [-0.3, -0.25) is 4.79 Å². The van der Waals surface area contributed by atoms with Gasteiger partial charge in [-0.05, 0) is 29.8 Å². The van der Waals surface area contributed by atoms with Crippen molar-refractivity contribution in [1.29, 1.82) is 0 Å². The maximum Gasteiger partial charge on any atom is 0.170 e. The Morgan fingerprint density at radius 3 is 2.37 bits per heavy atom. The molecule has 19 heavy (non-hydrogen) atoms. The van der Waals surface area contributed by atoms with Crippen molar-refractivity contribution in [3.63, 3.8) is 0 Å². The summed E-state index contributed by atoms with van der Waals surface area (Å²) in [5.74, 6) is -2.85. The summed E-state index contributed by atoms with van der Waals surface area (Å²) in [5.41, 5.74) is -0.0827. The van der Waals surface area contributed by atoms with Crippen LogP contribution in [0.3, 0.4) is 0 Å². The number of carbonyl (C=O) groups is 1. The van der Waals surface area contributed by atoms with Gasteiger partial charge in [-0.25, -0.2) is 13.2 Å². The zero-order valence-electron chi connectivity index (χ0n) is 9.59. The highest BCUT2D eigenvalue weighted by atomic mass is 79.9. The van der Waals surface area contributed by atoms with E-state index in [-0.39, 0.29) is 17.5 Å². The van der Waals surface area contributed by atoms with Crippen molar-refractivity contribution in [2.75, 3.05) is 0 Å². The average molecular weight is 329 g/mol. The van der Waals surface area contributed by atoms with E-state index in [0.29, 0.717) is 10.5 Å². The lowest BCUT2D eigenvalue weighted by Gasteiger charge is -2.05. The van der Waals surface area contributed by atoms with Crippen molar-refractivity contribution in [2.24, 2.45) is 0 Å². The summed E-state index contributed by atoms with van der Waals surface area (Å²) >= 11 is 3.10. The summed E-state index contributed by atoms with van der Waals surface area (Å²) < 4.78 is 40.2. The van der Waals surface area contributed by atoms with Crippen LogP contribution in [0.25, 0.3) is 0 Å². The number of hydrogen-bond donors (Lipinski definition) is 0. The zero-order valence-corrected chi connectivity index (χ0v) is 11.2. The van der Waals surface area contributed by atoms with Crippen LogP contribution in [0.4, 0.5) is 13.2 Å². The number of ketones is 1. The minimum Gasteiger partial charge on any atom is -0.294 e. The van der Waals surface area contributed by atoms with Gasteiger partial charge in [0.25, 0.3) is 0 Å². The Balaban J connectivity index is 2.25. The molecule has 0 unspecified atom stereocenters. The monoisotopic (exact) mass is 328 g/mol. The highest BCUT2D eigenvalue weighted by Crippen LogP contribution is 2.18. The fraction of sp³-hybridized carbons (Fsp3) is 0.0714. The molecule has 0 aromatic heterocycles. The lowest BCUT2D eigenvalue weighted by Crippen LogP contribution is -2.07. The fourth-order valence-corrected chi connectivity index (χ4v) is 1.98. The van der Waals surface area contributed by atoms with Gasteiger partial charge in [-0.2, -0.15) is 0 Å². The first-order valence-electron chi connectivity index (χ1n) is 5.39. The van der Waals surface area contributed by atoms with E-state index >= 15 is 0 Å². The highest BCUT2D eigenvalue weighted by molar-refractivity contribution is 9.10. The van der Waals surface area contributed by atoms with E-state index in [2.05, 4.69) is 15.9 Å². The van der Waals surface area contributed by atoms with Crippen molar-refractivity contribution >= 4 is 21.7 Å². The van der Waals surface area contributed by atoms with Gasteiger partial charge in [0.05, 0.1) is 5.56 Å². The standard InChI is InChI=1S/C14H8BrF3O/c15-9-2-1-8(12(17)6-9)5-14(19)11-4-3-10(16)7-13(11)18/h1-4,6-7H,5H2. The molecule has 2 aromatic rings. The molecule has 0 N–H and O–H groups in total. The molecule has 0 saturated carbocycles. The summed E-state index contributed by atoms with van der Waals surface area (Å²) in [7, 11) is 0. The van der Waals surface area contributed by atoms with Crippen molar-refractivity contribution in [1.82, 2.24) is 0 Å². The first-order valence-corrected chi connectivity index (χ1v) is 6.19. The summed E-state index contributed by atoms with van der Waals surface area (Å²) in [6.45, 7) is 0. The molecule has 0 aliphatic rings. The second-order valence-electron chi connectivity index (χ2n) is 3.96. The number of Topliss-reactive ketones (excluding diaryl/α,β-unsaturated/α-hetero) is 1. The van der Waals surface area contributed by atoms with Crippen LogP contribution >= 0.6 is 15.9 Å². The topological polar surface area (TPSA) is 17.1 Å². The third-order valence-corrected chi connectivity index (χ3v) is 3.09. The third-order valence-electron chi connectivity index (χ3n) is 2.60. The Morgan fingerprint density at radius 2 is 1.74 bits per heavy atom. The SMILES string of the molecule is O=C(Cc1ccc(Br)cc1F)c1ccc(F)cc1F. The maximum atomic E-state index is 13.6. The molecular formula is C14H8BrF3O. The molecular weight excluding hydrogens is 321 g/mol. The number of halogens is 4. The molecule has 0 bridgehead atoms. The minimum atomic E-state index is -0.942. The Hall–Kier alpha value is -1.62. The third kappa shape index (κ3) is 3.23. The zero-order chi connectivity index (χ0) is 14.0.